The summed E-state index contributed by atoms with van der Waals surface area (Å²) in [7, 11) is 3.14. The van der Waals surface area contributed by atoms with Gasteiger partial charge in [-0.15, -0.1) is 0 Å². The van der Waals surface area contributed by atoms with Gasteiger partial charge in [0.1, 0.15) is 0 Å². The molecule has 1 rings (SSSR count). The first-order valence-electron chi connectivity index (χ1n) is 6.14. The smallest absolute Gasteiger partial charge is 0.310 e. The number of hydrogen-bond donors (Lipinski definition) is 0. The summed E-state index contributed by atoms with van der Waals surface area (Å²) < 4.78 is 15.2. The van der Waals surface area contributed by atoms with Crippen LogP contribution in [0.25, 0.3) is 0 Å². The topological polar surface area (TPSA) is 48.0 Å². The number of esters is 1. The summed E-state index contributed by atoms with van der Waals surface area (Å²) >= 11 is 0. The summed E-state index contributed by atoms with van der Waals surface area (Å²) in [6, 6.07) is 0. The third kappa shape index (κ3) is 5.48. The van der Waals surface area contributed by atoms with E-state index in [0.717, 1.165) is 52.3 Å². The molecule has 5 nitrogen and oxygen atoms in total. The van der Waals surface area contributed by atoms with Crippen molar-refractivity contribution in [2.24, 2.45) is 5.92 Å². The number of carbonyl (C=O) groups is 1. The number of nitrogens with zero attached hydrogens (tertiary/aromatic N) is 1. The zero-order valence-corrected chi connectivity index (χ0v) is 10.8. The number of likely N-dealkylation sites (tertiary alicyclic amines) is 1. The Morgan fingerprint density at radius 3 is 2.82 bits per heavy atom. The molecule has 1 aliphatic rings. The van der Waals surface area contributed by atoms with Crippen LogP contribution in [0.15, 0.2) is 0 Å². The first-order valence-corrected chi connectivity index (χ1v) is 6.14. The third-order valence-corrected chi connectivity index (χ3v) is 3.00. The van der Waals surface area contributed by atoms with E-state index in [0.29, 0.717) is 0 Å². The van der Waals surface area contributed by atoms with E-state index in [1.165, 1.54) is 7.11 Å². The zero-order valence-electron chi connectivity index (χ0n) is 10.8. The van der Waals surface area contributed by atoms with Crippen molar-refractivity contribution < 1.29 is 19.0 Å². The van der Waals surface area contributed by atoms with Gasteiger partial charge in [0.15, 0.2) is 0 Å². The Bertz CT molecular complexity index is 223. The summed E-state index contributed by atoms with van der Waals surface area (Å²) in [6.45, 7) is 4.85. The monoisotopic (exact) mass is 245 g/mol. The maximum atomic E-state index is 11.3. The van der Waals surface area contributed by atoms with Crippen LogP contribution in [-0.4, -0.2) is 64.5 Å². The van der Waals surface area contributed by atoms with Gasteiger partial charge >= 0.3 is 5.97 Å². The molecule has 0 amide bonds. The van der Waals surface area contributed by atoms with Crippen molar-refractivity contribution in [2.45, 2.75) is 12.8 Å². The van der Waals surface area contributed by atoms with E-state index in [-0.39, 0.29) is 11.9 Å². The quantitative estimate of drug-likeness (QED) is 0.461. The van der Waals surface area contributed by atoms with Gasteiger partial charge in [0.25, 0.3) is 0 Å². The van der Waals surface area contributed by atoms with Gasteiger partial charge in [-0.3, -0.25) is 4.79 Å². The number of ether oxygens (including phenoxy) is 3. The fourth-order valence-electron chi connectivity index (χ4n) is 2.00. The van der Waals surface area contributed by atoms with Crippen molar-refractivity contribution in [1.29, 1.82) is 0 Å². The minimum absolute atomic E-state index is 0.0495. The summed E-state index contributed by atoms with van der Waals surface area (Å²) in [6.07, 6.45) is 1.83. The normalized spacial score (nSPS) is 20.7. The van der Waals surface area contributed by atoms with E-state index in [2.05, 4.69) is 4.90 Å². The maximum Gasteiger partial charge on any atom is 0.310 e. The SMILES string of the molecule is COCCCOCCN1CCC(C(=O)OC)C1. The Hall–Kier alpha value is -0.650. The average molecular weight is 245 g/mol. The highest BCUT2D eigenvalue weighted by molar-refractivity contribution is 5.72. The minimum atomic E-state index is -0.0893. The molecular formula is C12H23NO4. The van der Waals surface area contributed by atoms with Gasteiger partial charge in [-0.1, -0.05) is 0 Å². The molecule has 0 aromatic heterocycles. The molecule has 100 valence electrons. The van der Waals surface area contributed by atoms with Crippen molar-refractivity contribution in [1.82, 2.24) is 4.90 Å². The number of methoxy groups -OCH3 is 2. The van der Waals surface area contributed by atoms with Gasteiger partial charge in [0.05, 0.1) is 19.6 Å². The molecule has 17 heavy (non-hydrogen) atoms. The molecule has 0 aliphatic carbocycles. The molecule has 0 spiro atoms. The van der Waals surface area contributed by atoms with Crippen LogP contribution in [0, 0.1) is 5.92 Å². The Morgan fingerprint density at radius 2 is 2.12 bits per heavy atom. The van der Waals surface area contributed by atoms with Crippen LogP contribution in [0.5, 0.6) is 0 Å². The maximum absolute atomic E-state index is 11.3. The van der Waals surface area contributed by atoms with E-state index < -0.39 is 0 Å². The van der Waals surface area contributed by atoms with E-state index in [4.69, 9.17) is 14.2 Å². The molecule has 0 N–H and O–H groups in total. The predicted octanol–water partition coefficient (Wildman–Crippen LogP) is 0.534. The van der Waals surface area contributed by atoms with Gasteiger partial charge in [0.2, 0.25) is 0 Å². The van der Waals surface area contributed by atoms with Gasteiger partial charge in [-0.05, 0) is 19.4 Å². The van der Waals surface area contributed by atoms with Crippen LogP contribution >= 0.6 is 0 Å². The molecule has 1 fully saturated rings. The van der Waals surface area contributed by atoms with Crippen molar-refractivity contribution >= 4 is 5.97 Å². The molecule has 1 aliphatic heterocycles. The standard InChI is InChI=1S/C12H23NO4/c1-15-7-3-8-17-9-6-13-5-4-11(10-13)12(14)16-2/h11H,3-10H2,1-2H3. The highest BCUT2D eigenvalue weighted by Crippen LogP contribution is 2.16. The van der Waals surface area contributed by atoms with E-state index >= 15 is 0 Å². The predicted molar refractivity (Wildman–Crippen MR) is 63.9 cm³/mol. The van der Waals surface area contributed by atoms with Gasteiger partial charge in [-0.25, -0.2) is 0 Å². The molecule has 0 radical (unpaired) electrons. The van der Waals surface area contributed by atoms with Crippen LogP contribution in [-0.2, 0) is 19.0 Å². The molecule has 0 aromatic carbocycles. The Balaban J connectivity index is 2.00. The Morgan fingerprint density at radius 1 is 1.29 bits per heavy atom. The van der Waals surface area contributed by atoms with Crippen LogP contribution in [0.1, 0.15) is 12.8 Å². The van der Waals surface area contributed by atoms with Crippen LogP contribution in [0.3, 0.4) is 0 Å². The van der Waals surface area contributed by atoms with Crippen molar-refractivity contribution in [3.8, 4) is 0 Å². The van der Waals surface area contributed by atoms with Gasteiger partial charge < -0.3 is 19.1 Å². The van der Waals surface area contributed by atoms with Crippen molar-refractivity contribution in [3.63, 3.8) is 0 Å². The lowest BCUT2D eigenvalue weighted by atomic mass is 10.1. The first kappa shape index (κ1) is 14.4. The van der Waals surface area contributed by atoms with Crippen LogP contribution in [0.2, 0.25) is 0 Å². The zero-order chi connectivity index (χ0) is 12.5. The lowest BCUT2D eigenvalue weighted by Crippen LogP contribution is -2.27. The lowest BCUT2D eigenvalue weighted by Gasteiger charge is -2.15. The molecule has 5 heteroatoms. The number of rotatable bonds is 8. The summed E-state index contributed by atoms with van der Waals surface area (Å²) in [5, 5.41) is 0. The second-order valence-corrected chi connectivity index (χ2v) is 4.27. The van der Waals surface area contributed by atoms with E-state index in [9.17, 15) is 4.79 Å². The summed E-state index contributed by atoms with van der Waals surface area (Å²) in [5.74, 6) is -0.0398. The van der Waals surface area contributed by atoms with E-state index in [1.807, 2.05) is 0 Å². The lowest BCUT2D eigenvalue weighted by molar-refractivity contribution is -0.144. The van der Waals surface area contributed by atoms with Gasteiger partial charge in [0, 0.05) is 33.4 Å². The Kier molecular flexibility index (Phi) is 7.16. The summed E-state index contributed by atoms with van der Waals surface area (Å²) in [4.78, 5) is 13.6. The fraction of sp³-hybridized carbons (Fsp3) is 0.917. The van der Waals surface area contributed by atoms with E-state index in [1.54, 1.807) is 7.11 Å². The molecule has 0 bridgehead atoms. The molecule has 1 heterocycles. The summed E-state index contributed by atoms with van der Waals surface area (Å²) in [5.41, 5.74) is 0. The Labute approximate surface area is 103 Å². The number of hydrogen-bond acceptors (Lipinski definition) is 5. The van der Waals surface area contributed by atoms with Crippen LogP contribution < -0.4 is 0 Å². The minimum Gasteiger partial charge on any atom is -0.469 e. The fourth-order valence-corrected chi connectivity index (χ4v) is 2.00. The molecule has 0 aromatic rings. The molecular weight excluding hydrogens is 222 g/mol. The molecule has 1 saturated heterocycles. The first-order chi connectivity index (χ1) is 8.27. The average Bonchev–Trinajstić information content (AvgIpc) is 2.81. The largest absolute Gasteiger partial charge is 0.469 e. The molecule has 1 atom stereocenters. The third-order valence-electron chi connectivity index (χ3n) is 3.00. The van der Waals surface area contributed by atoms with Crippen LogP contribution in [0.4, 0.5) is 0 Å². The highest BCUT2D eigenvalue weighted by atomic mass is 16.5. The number of carbonyl (C=O) groups excluding carboxylic acids is 1. The van der Waals surface area contributed by atoms with Gasteiger partial charge in [-0.2, -0.15) is 0 Å². The molecule has 0 saturated carbocycles. The van der Waals surface area contributed by atoms with Crippen molar-refractivity contribution in [3.05, 3.63) is 0 Å². The molecule has 1 unspecified atom stereocenters. The second kappa shape index (κ2) is 8.44. The highest BCUT2D eigenvalue weighted by Gasteiger charge is 2.28. The van der Waals surface area contributed by atoms with Crippen molar-refractivity contribution in [2.75, 3.05) is 53.7 Å². The second-order valence-electron chi connectivity index (χ2n) is 4.27.